The molecule has 2 N–H and O–H groups in total. The van der Waals surface area contributed by atoms with Crippen LogP contribution in [0.3, 0.4) is 0 Å². The lowest BCUT2D eigenvalue weighted by atomic mass is 10.1. The Morgan fingerprint density at radius 1 is 1.59 bits per heavy atom. The van der Waals surface area contributed by atoms with Crippen LogP contribution in [0.2, 0.25) is 5.02 Å². The van der Waals surface area contributed by atoms with Gasteiger partial charge in [0.15, 0.2) is 0 Å². The van der Waals surface area contributed by atoms with Gasteiger partial charge in [-0.3, -0.25) is 4.79 Å². The molecule has 1 saturated heterocycles. The standard InChI is InChI=1S/C13H17ClN2O/c1-9(10-3-2-4-12(14)7-10)16-13(17)11-5-6-15-8-11/h2-4,7,9,11,15H,5-6,8H2,1H3,(H,16,17)/t9-,11?/m1/s1. The molecule has 92 valence electrons. The lowest BCUT2D eigenvalue weighted by Gasteiger charge is -2.17. The second-order valence-corrected chi connectivity index (χ2v) is 4.91. The SMILES string of the molecule is C[C@@H](NC(=O)C1CCNC1)c1cccc(Cl)c1. The summed E-state index contributed by atoms with van der Waals surface area (Å²) in [5.41, 5.74) is 1.04. The molecule has 0 spiro atoms. The predicted molar refractivity (Wildman–Crippen MR) is 69.0 cm³/mol. The van der Waals surface area contributed by atoms with E-state index < -0.39 is 0 Å². The van der Waals surface area contributed by atoms with E-state index in [0.29, 0.717) is 5.02 Å². The summed E-state index contributed by atoms with van der Waals surface area (Å²) in [5.74, 6) is 0.235. The number of hydrogen-bond acceptors (Lipinski definition) is 2. The first-order valence-electron chi connectivity index (χ1n) is 5.93. The van der Waals surface area contributed by atoms with Crippen molar-refractivity contribution in [1.29, 1.82) is 0 Å². The highest BCUT2D eigenvalue weighted by Crippen LogP contribution is 2.18. The largest absolute Gasteiger partial charge is 0.349 e. The third-order valence-corrected chi connectivity index (χ3v) is 3.37. The predicted octanol–water partition coefficient (Wildman–Crippen LogP) is 2.13. The quantitative estimate of drug-likeness (QED) is 0.865. The van der Waals surface area contributed by atoms with Gasteiger partial charge >= 0.3 is 0 Å². The number of amides is 1. The summed E-state index contributed by atoms with van der Waals surface area (Å²) in [4.78, 5) is 11.9. The second-order valence-electron chi connectivity index (χ2n) is 4.48. The van der Waals surface area contributed by atoms with Gasteiger partial charge in [-0.25, -0.2) is 0 Å². The summed E-state index contributed by atoms with van der Waals surface area (Å²) in [6, 6.07) is 7.60. The van der Waals surface area contributed by atoms with E-state index in [9.17, 15) is 4.79 Å². The molecule has 4 heteroatoms. The van der Waals surface area contributed by atoms with E-state index >= 15 is 0 Å². The third-order valence-electron chi connectivity index (χ3n) is 3.14. The maximum atomic E-state index is 11.9. The highest BCUT2D eigenvalue weighted by Gasteiger charge is 2.23. The van der Waals surface area contributed by atoms with Crippen molar-refractivity contribution in [3.63, 3.8) is 0 Å². The molecule has 1 aliphatic heterocycles. The fraction of sp³-hybridized carbons (Fsp3) is 0.462. The van der Waals surface area contributed by atoms with Crippen LogP contribution >= 0.6 is 11.6 Å². The Balaban J connectivity index is 1.96. The minimum absolute atomic E-state index is 0.00167. The molecule has 0 aromatic heterocycles. The highest BCUT2D eigenvalue weighted by molar-refractivity contribution is 6.30. The zero-order chi connectivity index (χ0) is 12.3. The first-order chi connectivity index (χ1) is 8.16. The van der Waals surface area contributed by atoms with Gasteiger partial charge in [-0.05, 0) is 37.6 Å². The van der Waals surface area contributed by atoms with Gasteiger partial charge in [0.25, 0.3) is 0 Å². The minimum Gasteiger partial charge on any atom is -0.349 e. The number of nitrogens with one attached hydrogen (secondary N) is 2. The monoisotopic (exact) mass is 252 g/mol. The van der Waals surface area contributed by atoms with Gasteiger partial charge in [0.1, 0.15) is 0 Å². The molecule has 1 fully saturated rings. The zero-order valence-corrected chi connectivity index (χ0v) is 10.6. The first kappa shape index (κ1) is 12.4. The fourth-order valence-corrected chi connectivity index (χ4v) is 2.27. The Bertz CT molecular complexity index is 402. The molecule has 1 unspecified atom stereocenters. The van der Waals surface area contributed by atoms with Crippen LogP contribution in [-0.2, 0) is 4.79 Å². The smallest absolute Gasteiger partial charge is 0.224 e. The Hall–Kier alpha value is -1.06. The lowest BCUT2D eigenvalue weighted by Crippen LogP contribution is -2.33. The lowest BCUT2D eigenvalue weighted by molar-refractivity contribution is -0.125. The van der Waals surface area contributed by atoms with Gasteiger partial charge in [-0.1, -0.05) is 23.7 Å². The number of carbonyl (C=O) groups excluding carboxylic acids is 1. The molecule has 2 rings (SSSR count). The van der Waals surface area contributed by atoms with Crippen molar-refractivity contribution < 1.29 is 4.79 Å². The number of carbonyl (C=O) groups is 1. The van der Waals surface area contributed by atoms with Crippen LogP contribution in [-0.4, -0.2) is 19.0 Å². The number of benzene rings is 1. The molecule has 1 amide bonds. The van der Waals surface area contributed by atoms with Crippen molar-refractivity contribution in [2.24, 2.45) is 5.92 Å². The fourth-order valence-electron chi connectivity index (χ4n) is 2.07. The molecular formula is C13H17ClN2O. The van der Waals surface area contributed by atoms with Crippen LogP contribution in [0.1, 0.15) is 24.9 Å². The molecule has 3 nitrogen and oxygen atoms in total. The molecule has 2 atom stereocenters. The van der Waals surface area contributed by atoms with Crippen molar-refractivity contribution in [3.05, 3.63) is 34.9 Å². The van der Waals surface area contributed by atoms with E-state index in [-0.39, 0.29) is 17.9 Å². The van der Waals surface area contributed by atoms with Crippen LogP contribution < -0.4 is 10.6 Å². The molecule has 0 bridgehead atoms. The van der Waals surface area contributed by atoms with Gasteiger partial charge in [0, 0.05) is 11.6 Å². The third kappa shape index (κ3) is 3.20. The van der Waals surface area contributed by atoms with E-state index in [1.165, 1.54) is 0 Å². The number of halogens is 1. The molecule has 1 aromatic rings. The zero-order valence-electron chi connectivity index (χ0n) is 9.87. The van der Waals surface area contributed by atoms with E-state index in [1.807, 2.05) is 31.2 Å². The van der Waals surface area contributed by atoms with Crippen molar-refractivity contribution in [2.75, 3.05) is 13.1 Å². The summed E-state index contributed by atoms with van der Waals surface area (Å²) in [6.45, 7) is 3.70. The van der Waals surface area contributed by atoms with Crippen LogP contribution in [0.25, 0.3) is 0 Å². The maximum absolute atomic E-state index is 11.9. The van der Waals surface area contributed by atoms with Crippen LogP contribution in [0.15, 0.2) is 24.3 Å². The molecule has 17 heavy (non-hydrogen) atoms. The van der Waals surface area contributed by atoms with Crippen molar-refractivity contribution in [3.8, 4) is 0 Å². The minimum atomic E-state index is 0.00167. The molecule has 1 heterocycles. The summed E-state index contributed by atoms with van der Waals surface area (Å²) in [7, 11) is 0. The Morgan fingerprint density at radius 2 is 2.41 bits per heavy atom. The van der Waals surface area contributed by atoms with Gasteiger partial charge in [-0.2, -0.15) is 0 Å². The Kier molecular flexibility index (Phi) is 4.02. The van der Waals surface area contributed by atoms with Crippen molar-refractivity contribution in [2.45, 2.75) is 19.4 Å². The summed E-state index contributed by atoms with van der Waals surface area (Å²) >= 11 is 5.93. The molecular weight excluding hydrogens is 236 g/mol. The van der Waals surface area contributed by atoms with Gasteiger partial charge < -0.3 is 10.6 Å². The first-order valence-corrected chi connectivity index (χ1v) is 6.31. The topological polar surface area (TPSA) is 41.1 Å². The number of rotatable bonds is 3. The molecule has 1 aromatic carbocycles. The maximum Gasteiger partial charge on any atom is 0.224 e. The normalized spacial score (nSPS) is 21.2. The average Bonchev–Trinajstić information content (AvgIpc) is 2.82. The number of hydrogen-bond donors (Lipinski definition) is 2. The van der Waals surface area contributed by atoms with Gasteiger partial charge in [0.05, 0.1) is 12.0 Å². The molecule has 0 saturated carbocycles. The van der Waals surface area contributed by atoms with Crippen LogP contribution in [0, 0.1) is 5.92 Å². The van der Waals surface area contributed by atoms with Crippen molar-refractivity contribution in [1.82, 2.24) is 10.6 Å². The van der Waals surface area contributed by atoms with E-state index in [2.05, 4.69) is 10.6 Å². The summed E-state index contributed by atoms with van der Waals surface area (Å²) in [6.07, 6.45) is 0.925. The summed E-state index contributed by atoms with van der Waals surface area (Å²) < 4.78 is 0. The molecule has 0 radical (unpaired) electrons. The molecule has 0 aliphatic carbocycles. The van der Waals surface area contributed by atoms with Gasteiger partial charge in [-0.15, -0.1) is 0 Å². The highest BCUT2D eigenvalue weighted by atomic mass is 35.5. The van der Waals surface area contributed by atoms with E-state index in [0.717, 1.165) is 25.1 Å². The van der Waals surface area contributed by atoms with Crippen molar-refractivity contribution >= 4 is 17.5 Å². The van der Waals surface area contributed by atoms with Crippen LogP contribution in [0.4, 0.5) is 0 Å². The van der Waals surface area contributed by atoms with E-state index in [4.69, 9.17) is 11.6 Å². The Labute approximate surface area is 107 Å². The Morgan fingerprint density at radius 3 is 3.06 bits per heavy atom. The second kappa shape index (κ2) is 5.52. The van der Waals surface area contributed by atoms with Crippen LogP contribution in [0.5, 0.6) is 0 Å². The van der Waals surface area contributed by atoms with Gasteiger partial charge in [0.2, 0.25) is 5.91 Å². The van der Waals surface area contributed by atoms with E-state index in [1.54, 1.807) is 0 Å². The summed E-state index contributed by atoms with van der Waals surface area (Å²) in [5, 5.41) is 6.92. The average molecular weight is 253 g/mol. The molecule has 1 aliphatic rings.